The summed E-state index contributed by atoms with van der Waals surface area (Å²) in [7, 11) is 0. The van der Waals surface area contributed by atoms with E-state index in [1.807, 2.05) is 19.1 Å². The van der Waals surface area contributed by atoms with Crippen LogP contribution in [0.4, 0.5) is 0 Å². The summed E-state index contributed by atoms with van der Waals surface area (Å²) in [4.78, 5) is 22.9. The van der Waals surface area contributed by atoms with Gasteiger partial charge >= 0.3 is 11.9 Å². The summed E-state index contributed by atoms with van der Waals surface area (Å²) >= 11 is 0. The second-order valence-electron chi connectivity index (χ2n) is 3.70. The molecule has 0 radical (unpaired) electrons. The number of aryl methyl sites for hydroxylation is 1. The Balaban J connectivity index is 2.40. The monoisotopic (exact) mass is 232 g/mol. The van der Waals surface area contributed by atoms with Gasteiger partial charge in [-0.1, -0.05) is 11.6 Å². The largest absolute Gasteiger partial charge is 0.463 e. The molecule has 1 heterocycles. The lowest BCUT2D eigenvalue weighted by atomic mass is 10.0. The Kier molecular flexibility index (Phi) is 2.95. The molecule has 0 aliphatic carbocycles. The summed E-state index contributed by atoms with van der Waals surface area (Å²) < 4.78 is 9.81. The third kappa shape index (κ3) is 2.20. The van der Waals surface area contributed by atoms with Crippen molar-refractivity contribution in [3.63, 3.8) is 0 Å². The van der Waals surface area contributed by atoms with Crippen LogP contribution < -0.4 is 4.74 Å². The van der Waals surface area contributed by atoms with E-state index in [1.165, 1.54) is 6.08 Å². The predicted molar refractivity (Wildman–Crippen MR) is 61.4 cm³/mol. The Morgan fingerprint density at radius 2 is 2.24 bits per heavy atom. The molecule has 0 spiro atoms. The number of carbonyl (C=O) groups excluding carboxylic acids is 2. The molecular weight excluding hydrogens is 220 g/mol. The van der Waals surface area contributed by atoms with Crippen LogP contribution in [0.2, 0.25) is 0 Å². The number of ether oxygens (including phenoxy) is 2. The average Bonchev–Trinajstić information content (AvgIpc) is 2.56. The third-order valence-electron chi connectivity index (χ3n) is 2.40. The van der Waals surface area contributed by atoms with Gasteiger partial charge in [-0.25, -0.2) is 9.59 Å². The van der Waals surface area contributed by atoms with Gasteiger partial charge in [0.15, 0.2) is 0 Å². The maximum Gasteiger partial charge on any atom is 0.344 e. The van der Waals surface area contributed by atoms with E-state index in [1.54, 1.807) is 13.0 Å². The van der Waals surface area contributed by atoms with Gasteiger partial charge in [0.1, 0.15) is 5.75 Å². The van der Waals surface area contributed by atoms with E-state index in [2.05, 4.69) is 0 Å². The molecule has 1 aromatic rings. The zero-order chi connectivity index (χ0) is 12.4. The Hall–Kier alpha value is -2.10. The number of esters is 2. The second-order valence-corrected chi connectivity index (χ2v) is 3.70. The molecule has 0 aromatic heterocycles. The molecule has 0 saturated heterocycles. The molecule has 0 bridgehead atoms. The number of hydrogen-bond donors (Lipinski definition) is 0. The van der Waals surface area contributed by atoms with E-state index < -0.39 is 11.9 Å². The van der Waals surface area contributed by atoms with Crippen LogP contribution in [0.25, 0.3) is 5.57 Å². The normalized spacial score (nSPS) is 15.6. The van der Waals surface area contributed by atoms with Crippen molar-refractivity contribution in [2.45, 2.75) is 13.8 Å². The fourth-order valence-corrected chi connectivity index (χ4v) is 1.65. The lowest BCUT2D eigenvalue weighted by Gasteiger charge is -1.98. The molecule has 0 amide bonds. The van der Waals surface area contributed by atoms with Crippen LogP contribution >= 0.6 is 0 Å². The summed E-state index contributed by atoms with van der Waals surface area (Å²) in [5.74, 6) is -0.566. The van der Waals surface area contributed by atoms with Gasteiger partial charge in [-0.15, -0.1) is 0 Å². The zero-order valence-electron chi connectivity index (χ0n) is 9.65. The first-order valence-corrected chi connectivity index (χ1v) is 5.33. The highest BCUT2D eigenvalue weighted by atomic mass is 16.5. The molecule has 0 fully saturated rings. The van der Waals surface area contributed by atoms with Gasteiger partial charge in [0, 0.05) is 11.6 Å². The van der Waals surface area contributed by atoms with Gasteiger partial charge in [0.25, 0.3) is 0 Å². The topological polar surface area (TPSA) is 52.6 Å². The van der Waals surface area contributed by atoms with Crippen molar-refractivity contribution in [3.8, 4) is 5.75 Å². The number of fused-ring (bicyclic) bond motifs is 1. The molecule has 0 atom stereocenters. The van der Waals surface area contributed by atoms with Crippen molar-refractivity contribution in [2.75, 3.05) is 6.61 Å². The van der Waals surface area contributed by atoms with Crippen LogP contribution in [0, 0.1) is 6.92 Å². The Morgan fingerprint density at radius 3 is 2.94 bits per heavy atom. The van der Waals surface area contributed by atoms with Gasteiger partial charge in [-0.05, 0) is 26.0 Å². The molecule has 0 saturated carbocycles. The van der Waals surface area contributed by atoms with Crippen molar-refractivity contribution < 1.29 is 19.1 Å². The molecule has 4 nitrogen and oxygen atoms in total. The van der Waals surface area contributed by atoms with Crippen LogP contribution in [0.5, 0.6) is 5.75 Å². The number of carbonyl (C=O) groups is 2. The van der Waals surface area contributed by atoms with E-state index >= 15 is 0 Å². The average molecular weight is 232 g/mol. The maximum absolute atomic E-state index is 11.6. The highest BCUT2D eigenvalue weighted by Crippen LogP contribution is 2.34. The van der Waals surface area contributed by atoms with Crippen molar-refractivity contribution in [1.29, 1.82) is 0 Å². The predicted octanol–water partition coefficient (Wildman–Crippen LogP) is 1.86. The lowest BCUT2D eigenvalue weighted by Crippen LogP contribution is -2.05. The number of benzene rings is 1. The molecule has 4 heteroatoms. The minimum atomic E-state index is -0.534. The second kappa shape index (κ2) is 4.41. The van der Waals surface area contributed by atoms with Crippen molar-refractivity contribution >= 4 is 17.5 Å². The third-order valence-corrected chi connectivity index (χ3v) is 2.40. The highest BCUT2D eigenvalue weighted by Gasteiger charge is 2.27. The Labute approximate surface area is 98.8 Å². The standard InChI is InChI=1S/C13H12O4/c1-3-16-12(14)7-10-9-6-8(2)4-5-11(9)17-13(10)15/h4-7H,3H2,1-2H3/b10-7+. The van der Waals surface area contributed by atoms with Crippen LogP contribution in [0.15, 0.2) is 24.3 Å². The van der Waals surface area contributed by atoms with E-state index in [0.717, 1.165) is 5.56 Å². The van der Waals surface area contributed by atoms with Crippen molar-refractivity contribution in [3.05, 3.63) is 35.4 Å². The molecule has 17 heavy (non-hydrogen) atoms. The molecule has 0 N–H and O–H groups in total. The molecule has 1 aliphatic rings. The lowest BCUT2D eigenvalue weighted by molar-refractivity contribution is -0.137. The van der Waals surface area contributed by atoms with E-state index in [-0.39, 0.29) is 12.2 Å². The first-order valence-electron chi connectivity index (χ1n) is 5.33. The maximum atomic E-state index is 11.6. The first kappa shape index (κ1) is 11.4. The number of hydrogen-bond acceptors (Lipinski definition) is 4. The number of rotatable bonds is 2. The first-order chi connectivity index (χ1) is 8.11. The molecular formula is C13H12O4. The Bertz CT molecular complexity index is 514. The summed E-state index contributed by atoms with van der Waals surface area (Å²) in [5.41, 5.74) is 1.89. The van der Waals surface area contributed by atoms with Gasteiger partial charge in [0.05, 0.1) is 12.2 Å². The minimum absolute atomic E-state index is 0.252. The summed E-state index contributed by atoms with van der Waals surface area (Å²) in [5, 5.41) is 0. The Morgan fingerprint density at radius 1 is 1.47 bits per heavy atom. The molecule has 1 aliphatic heterocycles. The summed E-state index contributed by atoms with van der Waals surface area (Å²) in [6.45, 7) is 3.89. The van der Waals surface area contributed by atoms with Crippen molar-refractivity contribution in [1.82, 2.24) is 0 Å². The zero-order valence-corrected chi connectivity index (χ0v) is 9.65. The van der Waals surface area contributed by atoms with Gasteiger partial charge in [0.2, 0.25) is 0 Å². The SMILES string of the molecule is CCOC(=O)/C=C1/C(=O)Oc2ccc(C)cc21. The van der Waals surface area contributed by atoms with E-state index in [9.17, 15) is 9.59 Å². The van der Waals surface area contributed by atoms with Gasteiger partial charge in [-0.3, -0.25) is 0 Å². The fourth-order valence-electron chi connectivity index (χ4n) is 1.65. The van der Waals surface area contributed by atoms with Crippen LogP contribution in [-0.2, 0) is 14.3 Å². The fraction of sp³-hybridized carbons (Fsp3) is 0.231. The van der Waals surface area contributed by atoms with E-state index in [0.29, 0.717) is 11.3 Å². The molecule has 2 rings (SSSR count). The van der Waals surface area contributed by atoms with Gasteiger partial charge in [-0.2, -0.15) is 0 Å². The van der Waals surface area contributed by atoms with Gasteiger partial charge < -0.3 is 9.47 Å². The molecule has 1 aromatic carbocycles. The van der Waals surface area contributed by atoms with E-state index in [4.69, 9.17) is 9.47 Å². The van der Waals surface area contributed by atoms with Crippen LogP contribution in [0.1, 0.15) is 18.1 Å². The minimum Gasteiger partial charge on any atom is -0.463 e. The van der Waals surface area contributed by atoms with Crippen molar-refractivity contribution in [2.24, 2.45) is 0 Å². The smallest absolute Gasteiger partial charge is 0.344 e. The summed E-state index contributed by atoms with van der Waals surface area (Å²) in [6, 6.07) is 5.37. The molecule has 0 unspecified atom stereocenters. The summed E-state index contributed by atoms with van der Waals surface area (Å²) in [6.07, 6.45) is 1.18. The quantitative estimate of drug-likeness (QED) is 0.443. The van der Waals surface area contributed by atoms with Crippen LogP contribution in [0.3, 0.4) is 0 Å². The molecule has 88 valence electrons. The van der Waals surface area contributed by atoms with Crippen LogP contribution in [-0.4, -0.2) is 18.5 Å². The highest BCUT2D eigenvalue weighted by molar-refractivity contribution is 6.24.